The number of allylic oxidation sites excluding steroid dienone is 1. The van der Waals surface area contributed by atoms with Crippen molar-refractivity contribution in [1.82, 2.24) is 9.27 Å². The fourth-order valence-corrected chi connectivity index (χ4v) is 5.25. The summed E-state index contributed by atoms with van der Waals surface area (Å²) in [5, 5.41) is 44.8. The number of nitrogens with one attached hydrogen (secondary N) is 1. The quantitative estimate of drug-likeness (QED) is 0.167. The average molecular weight is 535 g/mol. The van der Waals surface area contributed by atoms with E-state index in [-0.39, 0.29) is 24.0 Å². The lowest BCUT2D eigenvalue weighted by Crippen LogP contribution is -2.54. The second-order valence-corrected chi connectivity index (χ2v) is 10.8. The van der Waals surface area contributed by atoms with Crippen LogP contribution in [0, 0.1) is 11.8 Å². The minimum Gasteiger partial charge on any atom is -0.393 e. The lowest BCUT2D eigenvalue weighted by molar-refractivity contribution is -0.187. The number of aryl methyl sites for hydroxylation is 1. The Balaban J connectivity index is 1.46. The van der Waals surface area contributed by atoms with Crippen LogP contribution in [0.25, 0.3) is 10.1 Å². The van der Waals surface area contributed by atoms with Crippen molar-refractivity contribution in [3.63, 3.8) is 0 Å². The van der Waals surface area contributed by atoms with E-state index < -0.39 is 36.4 Å². The van der Waals surface area contributed by atoms with Crippen molar-refractivity contribution in [3.8, 4) is 0 Å². The van der Waals surface area contributed by atoms with Gasteiger partial charge in [-0.3, -0.25) is 13.5 Å². The molecule has 7 unspecified atom stereocenters. The first-order valence-corrected chi connectivity index (χ1v) is 13.4. The summed E-state index contributed by atoms with van der Waals surface area (Å²) >= 11 is 1.39. The summed E-state index contributed by atoms with van der Waals surface area (Å²) in [6.07, 6.45) is 0.773. The number of benzene rings is 1. The molecule has 37 heavy (non-hydrogen) atoms. The van der Waals surface area contributed by atoms with Crippen molar-refractivity contribution >= 4 is 27.5 Å². The fourth-order valence-electron chi connectivity index (χ4n) is 4.22. The molecule has 1 saturated heterocycles. The Morgan fingerprint density at radius 3 is 2.68 bits per heavy atom. The molecule has 0 aliphatic carbocycles. The summed E-state index contributed by atoms with van der Waals surface area (Å²) in [5.41, 5.74) is 0.269. The molecule has 9 nitrogen and oxygen atoms in total. The Labute approximate surface area is 220 Å². The molecule has 2 aromatic rings. The van der Waals surface area contributed by atoms with E-state index in [0.29, 0.717) is 36.9 Å². The maximum atomic E-state index is 12.4. The summed E-state index contributed by atoms with van der Waals surface area (Å²) < 4.78 is 8.28. The van der Waals surface area contributed by atoms with Crippen molar-refractivity contribution in [2.24, 2.45) is 11.8 Å². The van der Waals surface area contributed by atoms with Crippen LogP contribution in [0.3, 0.4) is 0 Å². The molecular weight excluding hydrogens is 496 g/mol. The number of aliphatic hydroxyl groups excluding tert-OH is 4. The molecule has 0 radical (unpaired) electrons. The number of aromatic nitrogens is 1. The van der Waals surface area contributed by atoms with Gasteiger partial charge in [-0.05, 0) is 50.3 Å². The van der Waals surface area contributed by atoms with Crippen molar-refractivity contribution in [1.29, 1.82) is 0 Å². The van der Waals surface area contributed by atoms with E-state index in [0.717, 1.165) is 4.70 Å². The largest absolute Gasteiger partial charge is 0.393 e. The van der Waals surface area contributed by atoms with Gasteiger partial charge < -0.3 is 30.5 Å². The van der Waals surface area contributed by atoms with Gasteiger partial charge in [0.15, 0.2) is 0 Å². The second kappa shape index (κ2) is 13.5. The van der Waals surface area contributed by atoms with Gasteiger partial charge in [-0.15, -0.1) is 0 Å². The standard InChI is InChI=1S/C27H38N2O7S/c1-16(18(3)30)8-6-9-19-15-36-26(25(34)24(19)33)23(32)17(2)14-22(31)28-12-7-13-29-27(35)20-10-4-5-11-21(20)37-29/h4-6,8,10-11,14,16,18-19,23-26,30,32-34H,7,9,12-13,15H2,1-3H3,(H,28,31)/b8-6+,17-14+. The number of aliphatic hydroxyl groups is 4. The molecular formula is C27H38N2O7S. The third kappa shape index (κ3) is 7.59. The number of amides is 1. The first-order valence-electron chi connectivity index (χ1n) is 12.7. The van der Waals surface area contributed by atoms with E-state index in [9.17, 15) is 30.0 Å². The van der Waals surface area contributed by atoms with Gasteiger partial charge in [0.25, 0.3) is 5.56 Å². The Kier molecular flexibility index (Phi) is 10.6. The molecule has 5 N–H and O–H groups in total. The van der Waals surface area contributed by atoms with Gasteiger partial charge in [-0.25, -0.2) is 0 Å². The molecule has 7 atom stereocenters. The van der Waals surface area contributed by atoms with Crippen molar-refractivity contribution in [2.45, 2.75) is 70.7 Å². The summed E-state index contributed by atoms with van der Waals surface area (Å²) in [5.74, 6) is -0.780. The van der Waals surface area contributed by atoms with Gasteiger partial charge in [-0.2, -0.15) is 0 Å². The van der Waals surface area contributed by atoms with Crippen LogP contribution in [0.2, 0.25) is 0 Å². The van der Waals surface area contributed by atoms with E-state index in [2.05, 4.69) is 5.32 Å². The molecule has 0 spiro atoms. The van der Waals surface area contributed by atoms with Crippen molar-refractivity contribution in [2.75, 3.05) is 13.2 Å². The Bertz CT molecular complexity index is 1160. The first-order chi connectivity index (χ1) is 17.6. The van der Waals surface area contributed by atoms with E-state index in [1.54, 1.807) is 23.9 Å². The van der Waals surface area contributed by atoms with Crippen molar-refractivity contribution in [3.05, 3.63) is 58.4 Å². The molecule has 3 rings (SSSR count). The van der Waals surface area contributed by atoms with E-state index in [1.807, 2.05) is 37.3 Å². The zero-order valence-corrected chi connectivity index (χ0v) is 22.3. The van der Waals surface area contributed by atoms with Crippen LogP contribution in [-0.2, 0) is 16.1 Å². The highest BCUT2D eigenvalue weighted by atomic mass is 32.1. The highest BCUT2D eigenvalue weighted by Crippen LogP contribution is 2.27. The van der Waals surface area contributed by atoms with Crippen LogP contribution in [0.1, 0.15) is 33.6 Å². The summed E-state index contributed by atoms with van der Waals surface area (Å²) in [6, 6.07) is 7.43. The third-order valence-electron chi connectivity index (χ3n) is 6.84. The molecule has 2 heterocycles. The van der Waals surface area contributed by atoms with Crippen LogP contribution in [0.5, 0.6) is 0 Å². The van der Waals surface area contributed by atoms with E-state index in [4.69, 9.17) is 4.74 Å². The predicted molar refractivity (Wildman–Crippen MR) is 143 cm³/mol. The van der Waals surface area contributed by atoms with E-state index in [1.165, 1.54) is 17.6 Å². The number of carbonyl (C=O) groups is 1. The number of hydrogen-bond donors (Lipinski definition) is 5. The number of carbonyl (C=O) groups excluding carboxylic acids is 1. The lowest BCUT2D eigenvalue weighted by atomic mass is 9.86. The normalized spacial score (nSPS) is 25.3. The molecule has 1 aliphatic heterocycles. The average Bonchev–Trinajstić information content (AvgIpc) is 3.19. The highest BCUT2D eigenvalue weighted by Gasteiger charge is 2.41. The van der Waals surface area contributed by atoms with Crippen LogP contribution >= 0.6 is 11.5 Å². The molecule has 0 saturated carbocycles. The number of rotatable bonds is 11. The van der Waals surface area contributed by atoms with Gasteiger partial charge in [0.05, 0.1) is 28.9 Å². The molecule has 10 heteroatoms. The van der Waals surface area contributed by atoms with Crippen LogP contribution in [0.15, 0.2) is 52.9 Å². The maximum Gasteiger partial charge on any atom is 0.268 e. The SMILES string of the molecule is C/C(=C\C(=O)NCCCn1sc2ccccc2c1=O)C(O)C1OCC(C/C=C/C(C)C(C)O)C(O)C1O. The second-order valence-electron chi connectivity index (χ2n) is 9.78. The van der Waals surface area contributed by atoms with Crippen molar-refractivity contribution < 1.29 is 30.0 Å². The van der Waals surface area contributed by atoms with Gasteiger partial charge in [-0.1, -0.05) is 42.7 Å². The number of hydrogen-bond acceptors (Lipinski definition) is 8. The first kappa shape index (κ1) is 29.2. The molecule has 0 bridgehead atoms. The minimum absolute atomic E-state index is 0.0289. The summed E-state index contributed by atoms with van der Waals surface area (Å²) in [6.45, 7) is 6.13. The Hall–Kier alpha value is -2.34. The topological polar surface area (TPSA) is 141 Å². The molecule has 1 fully saturated rings. The van der Waals surface area contributed by atoms with Gasteiger partial charge in [0, 0.05) is 25.1 Å². The molecule has 1 aromatic carbocycles. The molecule has 1 aliphatic rings. The highest BCUT2D eigenvalue weighted by molar-refractivity contribution is 7.13. The predicted octanol–water partition coefficient (Wildman–Crippen LogP) is 1.58. The molecule has 1 amide bonds. The lowest BCUT2D eigenvalue weighted by Gasteiger charge is -2.39. The smallest absolute Gasteiger partial charge is 0.268 e. The summed E-state index contributed by atoms with van der Waals surface area (Å²) in [7, 11) is 0. The van der Waals surface area contributed by atoms with Gasteiger partial charge in [0.2, 0.25) is 5.91 Å². The van der Waals surface area contributed by atoms with Crippen LogP contribution in [0.4, 0.5) is 0 Å². The zero-order chi connectivity index (χ0) is 27.1. The molecule has 1 aromatic heterocycles. The fraction of sp³-hybridized carbons (Fsp3) is 0.556. The van der Waals surface area contributed by atoms with Crippen LogP contribution < -0.4 is 10.9 Å². The Morgan fingerprint density at radius 2 is 1.97 bits per heavy atom. The Morgan fingerprint density at radius 1 is 1.24 bits per heavy atom. The maximum absolute atomic E-state index is 12.4. The van der Waals surface area contributed by atoms with Gasteiger partial charge >= 0.3 is 0 Å². The van der Waals surface area contributed by atoms with E-state index >= 15 is 0 Å². The van der Waals surface area contributed by atoms with Crippen LogP contribution in [-0.4, -0.2) is 74.0 Å². The number of fused-ring (bicyclic) bond motifs is 1. The third-order valence-corrected chi connectivity index (χ3v) is 7.96. The number of nitrogens with zero attached hydrogens (tertiary/aromatic N) is 1. The minimum atomic E-state index is -1.32. The monoisotopic (exact) mass is 534 g/mol. The molecule has 204 valence electrons. The summed E-state index contributed by atoms with van der Waals surface area (Å²) in [4.78, 5) is 24.7. The number of ether oxygens (including phenoxy) is 1. The van der Waals surface area contributed by atoms with Gasteiger partial charge in [0.1, 0.15) is 18.3 Å². The zero-order valence-electron chi connectivity index (χ0n) is 21.5.